The van der Waals surface area contributed by atoms with Gasteiger partial charge in [0, 0.05) is 11.7 Å². The van der Waals surface area contributed by atoms with Gasteiger partial charge in [0.1, 0.15) is 11.6 Å². The lowest BCUT2D eigenvalue weighted by Crippen LogP contribution is -2.35. The quantitative estimate of drug-likeness (QED) is 0.530. The van der Waals surface area contributed by atoms with Crippen molar-refractivity contribution >= 4 is 30.1 Å². The molecular formula is C20H24BF4N3O3. The molecule has 1 unspecified atom stereocenters. The molecule has 6 nitrogen and oxygen atoms in total. The molecule has 2 heterocycles. The lowest BCUT2D eigenvalue weighted by molar-refractivity contribution is -0.137. The van der Waals surface area contributed by atoms with Crippen LogP contribution >= 0.6 is 0 Å². The molecule has 0 bridgehead atoms. The monoisotopic (exact) mass is 441 g/mol. The molecule has 31 heavy (non-hydrogen) atoms. The van der Waals surface area contributed by atoms with E-state index in [2.05, 4.69) is 10.3 Å². The molecule has 3 rings (SSSR count). The van der Waals surface area contributed by atoms with Crippen LogP contribution in [0.1, 0.15) is 40.2 Å². The second-order valence-corrected chi connectivity index (χ2v) is 7.08. The van der Waals surface area contributed by atoms with Crippen LogP contribution < -0.4 is 16.1 Å². The van der Waals surface area contributed by atoms with Crippen molar-refractivity contribution in [1.82, 2.24) is 4.98 Å². The third kappa shape index (κ3) is 6.17. The standard InChI is InChI=1S/C18H18BF4N3O3.C2H6/c1-10-17(2,3)29-19(28-10)12-5-7-15(24-9-12)26-16(27)25-14-8-11(18(21,22)23)4-6-13(14)20;1-2/h4-10H,1-3H3,(H2,24,25,26,27);1-2H3. The maximum Gasteiger partial charge on any atom is 0.496 e. The minimum Gasteiger partial charge on any atom is -0.402 e. The van der Waals surface area contributed by atoms with Gasteiger partial charge in [0.05, 0.1) is 23.0 Å². The third-order valence-corrected chi connectivity index (χ3v) is 4.56. The highest BCUT2D eigenvalue weighted by atomic mass is 19.4. The Labute approximate surface area is 178 Å². The Hall–Kier alpha value is -2.66. The molecule has 1 fully saturated rings. The average molecular weight is 441 g/mol. The topological polar surface area (TPSA) is 72.5 Å². The fourth-order valence-electron chi connectivity index (χ4n) is 2.58. The van der Waals surface area contributed by atoms with E-state index in [0.29, 0.717) is 23.7 Å². The largest absolute Gasteiger partial charge is 0.496 e. The van der Waals surface area contributed by atoms with Crippen LogP contribution in [-0.4, -0.2) is 29.8 Å². The van der Waals surface area contributed by atoms with E-state index in [0.717, 1.165) is 0 Å². The van der Waals surface area contributed by atoms with Crippen molar-refractivity contribution in [2.45, 2.75) is 52.5 Å². The van der Waals surface area contributed by atoms with Gasteiger partial charge in [0.15, 0.2) is 0 Å². The number of nitrogens with zero attached hydrogens (tertiary/aromatic N) is 1. The number of anilines is 2. The van der Waals surface area contributed by atoms with E-state index in [4.69, 9.17) is 9.31 Å². The van der Waals surface area contributed by atoms with E-state index in [1.807, 2.05) is 39.9 Å². The van der Waals surface area contributed by atoms with Gasteiger partial charge in [-0.1, -0.05) is 19.9 Å². The molecule has 1 atom stereocenters. The number of amides is 2. The van der Waals surface area contributed by atoms with Crippen LogP contribution in [0.5, 0.6) is 0 Å². The maximum atomic E-state index is 13.7. The lowest BCUT2D eigenvalue weighted by Gasteiger charge is -2.21. The van der Waals surface area contributed by atoms with E-state index in [1.165, 1.54) is 12.3 Å². The van der Waals surface area contributed by atoms with Crippen LogP contribution in [0.3, 0.4) is 0 Å². The van der Waals surface area contributed by atoms with Crippen molar-refractivity contribution in [3.8, 4) is 0 Å². The summed E-state index contributed by atoms with van der Waals surface area (Å²) in [6.07, 6.45) is -3.34. The second kappa shape index (κ2) is 9.65. The Kier molecular flexibility index (Phi) is 7.66. The van der Waals surface area contributed by atoms with Crippen LogP contribution in [0.25, 0.3) is 0 Å². The van der Waals surface area contributed by atoms with Gasteiger partial charge in [-0.15, -0.1) is 0 Å². The number of urea groups is 1. The zero-order valence-corrected chi connectivity index (χ0v) is 17.8. The molecular weight excluding hydrogens is 417 g/mol. The fourth-order valence-corrected chi connectivity index (χ4v) is 2.58. The summed E-state index contributed by atoms with van der Waals surface area (Å²) < 4.78 is 63.5. The summed E-state index contributed by atoms with van der Waals surface area (Å²) in [6.45, 7) is 9.69. The van der Waals surface area contributed by atoms with Crippen molar-refractivity contribution in [3.05, 3.63) is 47.9 Å². The fraction of sp³-hybridized carbons (Fsp3) is 0.400. The second-order valence-electron chi connectivity index (χ2n) is 7.08. The Balaban J connectivity index is 0.00000166. The number of benzene rings is 1. The predicted molar refractivity (Wildman–Crippen MR) is 111 cm³/mol. The van der Waals surface area contributed by atoms with Crippen LogP contribution in [0.15, 0.2) is 36.5 Å². The highest BCUT2D eigenvalue weighted by Gasteiger charge is 2.43. The summed E-state index contributed by atoms with van der Waals surface area (Å²) in [4.78, 5) is 16.1. The molecule has 2 N–H and O–H groups in total. The molecule has 1 aliphatic rings. The van der Waals surface area contributed by atoms with Gasteiger partial charge in [0.2, 0.25) is 0 Å². The van der Waals surface area contributed by atoms with Gasteiger partial charge in [-0.25, -0.2) is 14.2 Å². The average Bonchev–Trinajstić information content (AvgIpc) is 2.97. The summed E-state index contributed by atoms with van der Waals surface area (Å²) in [6, 6.07) is 3.91. The van der Waals surface area contributed by atoms with E-state index < -0.39 is 42.0 Å². The molecule has 0 saturated carbocycles. The zero-order chi connectivity index (χ0) is 23.4. The number of hydrogen-bond donors (Lipinski definition) is 2. The number of aromatic nitrogens is 1. The number of hydrogen-bond acceptors (Lipinski definition) is 4. The van der Waals surface area contributed by atoms with Crippen LogP contribution in [-0.2, 0) is 15.5 Å². The first-order valence-electron chi connectivity index (χ1n) is 9.70. The van der Waals surface area contributed by atoms with E-state index in [1.54, 1.807) is 6.07 Å². The molecule has 1 saturated heterocycles. The van der Waals surface area contributed by atoms with E-state index >= 15 is 0 Å². The minimum atomic E-state index is -4.66. The third-order valence-electron chi connectivity index (χ3n) is 4.56. The smallest absolute Gasteiger partial charge is 0.402 e. The van der Waals surface area contributed by atoms with Crippen LogP contribution in [0.4, 0.5) is 33.9 Å². The predicted octanol–water partition coefficient (Wildman–Crippen LogP) is 4.82. The molecule has 0 radical (unpaired) electrons. The highest BCUT2D eigenvalue weighted by molar-refractivity contribution is 6.61. The highest BCUT2D eigenvalue weighted by Crippen LogP contribution is 2.32. The summed E-state index contributed by atoms with van der Waals surface area (Å²) in [5.74, 6) is -0.882. The molecule has 2 amide bonds. The molecule has 0 aliphatic carbocycles. The first-order chi connectivity index (χ1) is 14.5. The van der Waals surface area contributed by atoms with Gasteiger partial charge in [-0.05, 0) is 45.0 Å². The molecule has 1 aliphatic heterocycles. The first-order valence-corrected chi connectivity index (χ1v) is 9.70. The van der Waals surface area contributed by atoms with E-state index in [-0.39, 0.29) is 11.9 Å². The van der Waals surface area contributed by atoms with Gasteiger partial charge in [0.25, 0.3) is 0 Å². The molecule has 1 aromatic heterocycles. The van der Waals surface area contributed by atoms with Gasteiger partial charge in [-0.2, -0.15) is 13.2 Å². The first kappa shape index (κ1) is 24.6. The summed E-state index contributed by atoms with van der Waals surface area (Å²) in [5, 5.41) is 4.37. The van der Waals surface area contributed by atoms with Crippen molar-refractivity contribution in [2.75, 3.05) is 10.6 Å². The number of pyridine rings is 1. The normalized spacial score (nSPS) is 17.6. The van der Waals surface area contributed by atoms with Crippen molar-refractivity contribution in [1.29, 1.82) is 0 Å². The van der Waals surface area contributed by atoms with Crippen molar-refractivity contribution < 1.29 is 31.7 Å². The number of nitrogens with one attached hydrogen (secondary N) is 2. The van der Waals surface area contributed by atoms with Crippen molar-refractivity contribution in [3.63, 3.8) is 0 Å². The van der Waals surface area contributed by atoms with Gasteiger partial charge in [-0.3, -0.25) is 5.32 Å². The Bertz CT molecular complexity index is 908. The number of carbonyl (C=O) groups is 1. The molecule has 0 spiro atoms. The molecule has 2 aromatic rings. The van der Waals surface area contributed by atoms with Gasteiger partial charge < -0.3 is 14.6 Å². The Morgan fingerprint density at radius 2 is 1.84 bits per heavy atom. The summed E-state index contributed by atoms with van der Waals surface area (Å²) >= 11 is 0. The van der Waals surface area contributed by atoms with Crippen molar-refractivity contribution in [2.24, 2.45) is 0 Å². The summed E-state index contributed by atoms with van der Waals surface area (Å²) in [5.41, 5.74) is -1.50. The van der Waals surface area contributed by atoms with Crippen LogP contribution in [0.2, 0.25) is 0 Å². The minimum absolute atomic E-state index is 0.115. The number of alkyl halides is 3. The number of halogens is 4. The summed E-state index contributed by atoms with van der Waals surface area (Å²) in [7, 11) is -0.602. The number of carbonyl (C=O) groups excluding carboxylic acids is 1. The SMILES string of the molecule is CC.CC1OB(c2ccc(NC(=O)Nc3cc(C(F)(F)F)ccc3F)nc2)OC1(C)C. The van der Waals surface area contributed by atoms with E-state index in [9.17, 15) is 22.4 Å². The Morgan fingerprint density at radius 3 is 2.35 bits per heavy atom. The Morgan fingerprint density at radius 1 is 1.16 bits per heavy atom. The molecule has 11 heteroatoms. The molecule has 168 valence electrons. The maximum absolute atomic E-state index is 13.7. The molecule has 1 aromatic carbocycles. The van der Waals surface area contributed by atoms with Gasteiger partial charge >= 0.3 is 19.3 Å². The number of rotatable bonds is 3. The van der Waals surface area contributed by atoms with Crippen LogP contribution in [0, 0.1) is 5.82 Å². The lowest BCUT2D eigenvalue weighted by atomic mass is 9.80. The zero-order valence-electron chi connectivity index (χ0n) is 17.8.